The van der Waals surface area contributed by atoms with E-state index < -0.39 is 0 Å². The Hall–Kier alpha value is -1.22. The van der Waals surface area contributed by atoms with Gasteiger partial charge in [-0.1, -0.05) is 0 Å². The van der Waals surface area contributed by atoms with Crippen LogP contribution in [0.25, 0.3) is 0 Å². The molecule has 0 aliphatic carbocycles. The van der Waals surface area contributed by atoms with Crippen molar-refractivity contribution in [3.05, 3.63) is 23.8 Å². The van der Waals surface area contributed by atoms with Crippen LogP contribution < -0.4 is 15.8 Å². The average molecular weight is 206 g/mol. The summed E-state index contributed by atoms with van der Waals surface area (Å²) in [6, 6.07) is 6.22. The van der Waals surface area contributed by atoms with Crippen molar-refractivity contribution in [3.8, 4) is 5.75 Å². The molecular formula is C12H18N2O. The highest BCUT2D eigenvalue weighted by atomic mass is 16.5. The lowest BCUT2D eigenvalue weighted by molar-refractivity contribution is 0.413. The fourth-order valence-corrected chi connectivity index (χ4v) is 2.20. The Morgan fingerprint density at radius 2 is 2.40 bits per heavy atom. The van der Waals surface area contributed by atoms with Crippen molar-refractivity contribution in [1.82, 2.24) is 0 Å². The maximum Gasteiger partial charge on any atom is 0.119 e. The van der Waals surface area contributed by atoms with Crippen LogP contribution in [-0.4, -0.2) is 20.2 Å². The number of nitrogens with two attached hydrogens (primary N) is 1. The Bertz CT molecular complexity index is 338. The summed E-state index contributed by atoms with van der Waals surface area (Å²) in [5.74, 6) is 1.51. The van der Waals surface area contributed by atoms with Gasteiger partial charge in [-0.25, -0.2) is 0 Å². The van der Waals surface area contributed by atoms with Gasteiger partial charge >= 0.3 is 0 Å². The molecule has 1 aliphatic heterocycles. The highest BCUT2D eigenvalue weighted by Crippen LogP contribution is 2.35. The van der Waals surface area contributed by atoms with Crippen molar-refractivity contribution in [1.29, 1.82) is 0 Å². The minimum absolute atomic E-state index is 0.585. The van der Waals surface area contributed by atoms with E-state index in [0.717, 1.165) is 31.7 Å². The lowest BCUT2D eigenvalue weighted by Gasteiger charge is -2.26. The van der Waals surface area contributed by atoms with Crippen LogP contribution in [0.3, 0.4) is 0 Å². The molecule has 3 heteroatoms. The molecule has 0 fully saturated rings. The van der Waals surface area contributed by atoms with Crippen LogP contribution in [0.5, 0.6) is 5.75 Å². The standard InChI is InChI=1S/C12H18N2O/c1-15-10-2-3-12-11(8-10)9(4-6-13)5-7-14-12/h2-3,8-9,14H,4-7,13H2,1H3. The zero-order valence-electron chi connectivity index (χ0n) is 9.12. The van der Waals surface area contributed by atoms with Crippen molar-refractivity contribution < 1.29 is 4.74 Å². The molecule has 1 unspecified atom stereocenters. The minimum atomic E-state index is 0.585. The smallest absolute Gasteiger partial charge is 0.119 e. The number of ether oxygens (including phenoxy) is 1. The molecule has 1 heterocycles. The molecule has 3 nitrogen and oxygen atoms in total. The molecule has 1 aliphatic rings. The van der Waals surface area contributed by atoms with Crippen LogP contribution in [0, 0.1) is 0 Å². The molecule has 15 heavy (non-hydrogen) atoms. The largest absolute Gasteiger partial charge is 0.497 e. The van der Waals surface area contributed by atoms with Crippen molar-refractivity contribution in [2.75, 3.05) is 25.5 Å². The topological polar surface area (TPSA) is 47.3 Å². The molecule has 0 saturated heterocycles. The molecular weight excluding hydrogens is 188 g/mol. The van der Waals surface area contributed by atoms with Gasteiger partial charge in [-0.05, 0) is 49.1 Å². The zero-order chi connectivity index (χ0) is 10.7. The van der Waals surface area contributed by atoms with Crippen molar-refractivity contribution >= 4 is 5.69 Å². The fraction of sp³-hybridized carbons (Fsp3) is 0.500. The number of nitrogens with one attached hydrogen (secondary N) is 1. The van der Waals surface area contributed by atoms with Crippen LogP contribution in [0.1, 0.15) is 24.3 Å². The van der Waals surface area contributed by atoms with Crippen LogP contribution in [-0.2, 0) is 0 Å². The van der Waals surface area contributed by atoms with E-state index in [1.54, 1.807) is 7.11 Å². The Morgan fingerprint density at radius 3 is 3.13 bits per heavy atom. The second kappa shape index (κ2) is 4.53. The molecule has 82 valence electrons. The Balaban J connectivity index is 2.30. The SMILES string of the molecule is COc1ccc2c(c1)C(CCN)CCN2. The molecule has 0 amide bonds. The number of hydrogen-bond donors (Lipinski definition) is 2. The van der Waals surface area contributed by atoms with Gasteiger partial charge in [0.05, 0.1) is 7.11 Å². The summed E-state index contributed by atoms with van der Waals surface area (Å²) in [6.45, 7) is 1.80. The normalized spacial score (nSPS) is 19.2. The average Bonchev–Trinajstić information content (AvgIpc) is 2.29. The van der Waals surface area contributed by atoms with Gasteiger partial charge in [-0.15, -0.1) is 0 Å². The summed E-state index contributed by atoms with van der Waals surface area (Å²) in [7, 11) is 1.70. The first-order valence-electron chi connectivity index (χ1n) is 5.47. The van der Waals surface area contributed by atoms with Crippen LogP contribution in [0.4, 0.5) is 5.69 Å². The molecule has 0 spiro atoms. The molecule has 1 aromatic carbocycles. The first kappa shape index (κ1) is 10.3. The summed E-state index contributed by atoms with van der Waals surface area (Å²) in [4.78, 5) is 0. The van der Waals surface area contributed by atoms with E-state index in [1.807, 2.05) is 6.07 Å². The Morgan fingerprint density at radius 1 is 1.53 bits per heavy atom. The first-order valence-corrected chi connectivity index (χ1v) is 5.47. The van der Waals surface area contributed by atoms with Crippen LogP contribution in [0.2, 0.25) is 0 Å². The summed E-state index contributed by atoms with van der Waals surface area (Å²) < 4.78 is 5.25. The second-order valence-electron chi connectivity index (χ2n) is 3.94. The highest BCUT2D eigenvalue weighted by molar-refractivity contribution is 5.57. The number of rotatable bonds is 3. The number of benzene rings is 1. The maximum atomic E-state index is 5.64. The summed E-state index contributed by atoms with van der Waals surface area (Å²) in [5.41, 5.74) is 8.22. The number of fused-ring (bicyclic) bond motifs is 1. The fourth-order valence-electron chi connectivity index (χ4n) is 2.20. The van der Waals surface area contributed by atoms with Gasteiger partial charge in [0.25, 0.3) is 0 Å². The maximum absolute atomic E-state index is 5.64. The summed E-state index contributed by atoms with van der Waals surface area (Å²) >= 11 is 0. The molecule has 0 bridgehead atoms. The van der Waals surface area contributed by atoms with Crippen molar-refractivity contribution in [2.45, 2.75) is 18.8 Å². The third kappa shape index (κ3) is 2.07. The Labute approximate surface area is 90.6 Å². The first-order chi connectivity index (χ1) is 7.35. The lowest BCUT2D eigenvalue weighted by atomic mass is 9.88. The second-order valence-corrected chi connectivity index (χ2v) is 3.94. The van der Waals surface area contributed by atoms with Gasteiger partial charge in [0.2, 0.25) is 0 Å². The van der Waals surface area contributed by atoms with Gasteiger partial charge in [-0.3, -0.25) is 0 Å². The molecule has 1 aromatic rings. The van der Waals surface area contributed by atoms with Crippen molar-refractivity contribution in [2.24, 2.45) is 5.73 Å². The minimum Gasteiger partial charge on any atom is -0.497 e. The summed E-state index contributed by atoms with van der Waals surface area (Å²) in [6.07, 6.45) is 2.22. The van der Waals surface area contributed by atoms with Gasteiger partial charge in [-0.2, -0.15) is 0 Å². The van der Waals surface area contributed by atoms with E-state index in [9.17, 15) is 0 Å². The van der Waals surface area contributed by atoms with Crippen LogP contribution in [0.15, 0.2) is 18.2 Å². The lowest BCUT2D eigenvalue weighted by Crippen LogP contribution is -2.19. The van der Waals surface area contributed by atoms with Gasteiger partial charge in [0.1, 0.15) is 5.75 Å². The number of anilines is 1. The molecule has 0 aromatic heterocycles. The predicted molar refractivity (Wildman–Crippen MR) is 62.5 cm³/mol. The van der Waals surface area contributed by atoms with E-state index in [-0.39, 0.29) is 0 Å². The van der Waals surface area contributed by atoms with E-state index in [4.69, 9.17) is 10.5 Å². The number of hydrogen-bond acceptors (Lipinski definition) is 3. The van der Waals surface area contributed by atoms with Gasteiger partial charge in [0, 0.05) is 12.2 Å². The molecule has 1 atom stereocenters. The molecule has 3 N–H and O–H groups in total. The monoisotopic (exact) mass is 206 g/mol. The highest BCUT2D eigenvalue weighted by Gasteiger charge is 2.19. The van der Waals surface area contributed by atoms with Crippen molar-refractivity contribution in [3.63, 3.8) is 0 Å². The zero-order valence-corrected chi connectivity index (χ0v) is 9.12. The molecule has 2 rings (SSSR count). The van der Waals surface area contributed by atoms with E-state index in [1.165, 1.54) is 11.3 Å². The predicted octanol–water partition coefficient (Wildman–Crippen LogP) is 1.94. The van der Waals surface area contributed by atoms with Gasteiger partial charge in [0.15, 0.2) is 0 Å². The van der Waals surface area contributed by atoms with E-state index in [2.05, 4.69) is 17.4 Å². The quantitative estimate of drug-likeness (QED) is 0.794. The number of methoxy groups -OCH3 is 1. The third-order valence-corrected chi connectivity index (χ3v) is 3.02. The van der Waals surface area contributed by atoms with E-state index in [0.29, 0.717) is 5.92 Å². The molecule has 0 saturated carbocycles. The molecule has 0 radical (unpaired) electrons. The Kier molecular flexibility index (Phi) is 3.11. The van der Waals surface area contributed by atoms with Crippen LogP contribution >= 0.6 is 0 Å². The third-order valence-electron chi connectivity index (χ3n) is 3.02. The summed E-state index contributed by atoms with van der Waals surface area (Å²) in [5, 5.41) is 3.41. The van der Waals surface area contributed by atoms with Gasteiger partial charge < -0.3 is 15.8 Å². The van der Waals surface area contributed by atoms with E-state index >= 15 is 0 Å².